The summed E-state index contributed by atoms with van der Waals surface area (Å²) in [6.07, 6.45) is -7.18. The van der Waals surface area contributed by atoms with Crippen LogP contribution in [0.2, 0.25) is 0 Å². The zero-order chi connectivity index (χ0) is 29.1. The van der Waals surface area contributed by atoms with E-state index in [9.17, 15) is 41.3 Å². The summed E-state index contributed by atoms with van der Waals surface area (Å²) in [6, 6.07) is 7.77. The smallest absolute Gasteiger partial charge is 0.382 e. The Hall–Kier alpha value is -3.55. The van der Waals surface area contributed by atoms with Crippen molar-refractivity contribution in [3.63, 3.8) is 0 Å². The highest BCUT2D eigenvalue weighted by Crippen LogP contribution is 2.38. The minimum absolute atomic E-state index is 0.135. The average Bonchev–Trinajstić information content (AvgIpc) is 2.91. The first-order valence-electron chi connectivity index (χ1n) is 12.7. The van der Waals surface area contributed by atoms with Crippen LogP contribution in [0.15, 0.2) is 42.5 Å². The molecule has 0 radical (unpaired) electrons. The lowest BCUT2D eigenvalue weighted by molar-refractivity contribution is -0.388. The molecular weight excluding hydrogens is 546 g/mol. The van der Waals surface area contributed by atoms with E-state index in [1.165, 1.54) is 12.1 Å². The molecule has 8 nitrogen and oxygen atoms in total. The first kappa shape index (κ1) is 29.4. The number of nitro groups is 1. The van der Waals surface area contributed by atoms with Gasteiger partial charge in [-0.2, -0.15) is 26.3 Å². The van der Waals surface area contributed by atoms with E-state index in [0.29, 0.717) is 57.5 Å². The highest BCUT2D eigenvalue weighted by atomic mass is 19.4. The molecule has 1 aliphatic heterocycles. The Balaban J connectivity index is 1.20. The van der Waals surface area contributed by atoms with Crippen molar-refractivity contribution in [2.45, 2.75) is 50.2 Å². The van der Waals surface area contributed by atoms with Crippen LogP contribution in [0.25, 0.3) is 0 Å². The second-order valence-corrected chi connectivity index (χ2v) is 9.83. The number of hydrogen-bond donors (Lipinski definition) is 1. The number of ether oxygens (including phenoxy) is 1. The number of nitro benzene ring substituents is 1. The normalized spacial score (nSPS) is 20.4. The van der Waals surface area contributed by atoms with E-state index in [1.54, 1.807) is 15.9 Å². The zero-order valence-electron chi connectivity index (χ0n) is 21.3. The van der Waals surface area contributed by atoms with Gasteiger partial charge in [0.15, 0.2) is 0 Å². The number of alkyl halides is 6. The number of piperazine rings is 1. The van der Waals surface area contributed by atoms with E-state index in [0.717, 1.165) is 24.3 Å². The van der Waals surface area contributed by atoms with Crippen molar-refractivity contribution in [1.29, 1.82) is 0 Å². The monoisotopic (exact) mass is 574 g/mol. The van der Waals surface area contributed by atoms with Gasteiger partial charge in [-0.15, -0.1) is 0 Å². The standard InChI is InChI=1S/C26H28F6N4O4/c27-25(28,29)17-2-1-3-20(14-17)34-10-12-35(13-11-34)24(37)16-40-21-7-4-18(5-8-21)33-19-6-9-23(36(38)39)22(15-19)26(30,31)32/h1-3,6,9,14-15,18,21,33H,4-5,7-8,10-13,16H2/t18-,21-. The fourth-order valence-electron chi connectivity index (χ4n) is 5.00. The molecule has 0 atom stereocenters. The molecule has 40 heavy (non-hydrogen) atoms. The van der Waals surface area contributed by atoms with Crippen LogP contribution in [-0.4, -0.2) is 60.7 Å². The van der Waals surface area contributed by atoms with Crippen LogP contribution in [0.1, 0.15) is 36.8 Å². The van der Waals surface area contributed by atoms with Gasteiger partial charge < -0.3 is 19.9 Å². The lowest BCUT2D eigenvalue weighted by Crippen LogP contribution is -2.50. The van der Waals surface area contributed by atoms with E-state index >= 15 is 0 Å². The molecule has 1 saturated carbocycles. The van der Waals surface area contributed by atoms with Gasteiger partial charge in [0.05, 0.1) is 16.6 Å². The van der Waals surface area contributed by atoms with Crippen molar-refractivity contribution in [3.8, 4) is 0 Å². The third-order valence-electron chi connectivity index (χ3n) is 7.16. The second kappa shape index (κ2) is 11.9. The number of hydrogen-bond acceptors (Lipinski definition) is 6. The Morgan fingerprint density at radius 3 is 2.23 bits per heavy atom. The number of anilines is 2. The van der Waals surface area contributed by atoms with Gasteiger partial charge >= 0.3 is 12.4 Å². The van der Waals surface area contributed by atoms with Crippen molar-refractivity contribution in [2.75, 3.05) is 43.0 Å². The van der Waals surface area contributed by atoms with Gasteiger partial charge in [-0.3, -0.25) is 14.9 Å². The molecule has 1 aliphatic carbocycles. The van der Waals surface area contributed by atoms with E-state index in [2.05, 4.69) is 5.32 Å². The van der Waals surface area contributed by atoms with Crippen LogP contribution in [0.5, 0.6) is 0 Å². The molecule has 0 bridgehead atoms. The molecule has 0 unspecified atom stereocenters. The molecular formula is C26H28F6N4O4. The second-order valence-electron chi connectivity index (χ2n) is 9.83. The number of amides is 1. The Kier molecular flexibility index (Phi) is 8.76. The molecule has 1 amide bonds. The minimum Gasteiger partial charge on any atom is -0.382 e. The number of nitrogens with zero attached hydrogens (tertiary/aromatic N) is 3. The topological polar surface area (TPSA) is 87.9 Å². The molecule has 2 aromatic carbocycles. The van der Waals surface area contributed by atoms with Crippen LogP contribution in [-0.2, 0) is 21.9 Å². The molecule has 0 spiro atoms. The van der Waals surface area contributed by atoms with E-state index in [4.69, 9.17) is 4.74 Å². The quantitative estimate of drug-likeness (QED) is 0.259. The molecule has 1 saturated heterocycles. The maximum absolute atomic E-state index is 13.2. The highest BCUT2D eigenvalue weighted by Gasteiger charge is 2.38. The van der Waals surface area contributed by atoms with Crippen molar-refractivity contribution >= 4 is 23.0 Å². The first-order valence-corrected chi connectivity index (χ1v) is 12.7. The molecule has 2 fully saturated rings. The molecule has 2 aliphatic rings. The van der Waals surface area contributed by atoms with Crippen LogP contribution in [0.4, 0.5) is 43.4 Å². The van der Waals surface area contributed by atoms with Gasteiger partial charge in [0, 0.05) is 49.7 Å². The van der Waals surface area contributed by atoms with Crippen molar-refractivity contribution < 1.29 is 40.8 Å². The van der Waals surface area contributed by atoms with Crippen LogP contribution in [0, 0.1) is 10.1 Å². The van der Waals surface area contributed by atoms with Gasteiger partial charge in [-0.25, -0.2) is 0 Å². The largest absolute Gasteiger partial charge is 0.423 e. The Morgan fingerprint density at radius 1 is 0.950 bits per heavy atom. The Labute approximate surface area is 226 Å². The number of nitrogens with one attached hydrogen (secondary N) is 1. The third-order valence-corrected chi connectivity index (χ3v) is 7.16. The van der Waals surface area contributed by atoms with E-state index in [1.807, 2.05) is 0 Å². The molecule has 218 valence electrons. The molecule has 0 aromatic heterocycles. The van der Waals surface area contributed by atoms with Gasteiger partial charge in [0.2, 0.25) is 5.91 Å². The van der Waals surface area contributed by atoms with Crippen molar-refractivity contribution in [1.82, 2.24) is 4.90 Å². The first-order chi connectivity index (χ1) is 18.8. The summed E-state index contributed by atoms with van der Waals surface area (Å²) in [5.74, 6) is -0.213. The molecule has 4 rings (SSSR count). The van der Waals surface area contributed by atoms with E-state index in [-0.39, 0.29) is 30.3 Å². The fourth-order valence-corrected chi connectivity index (χ4v) is 5.00. The Morgan fingerprint density at radius 2 is 1.62 bits per heavy atom. The van der Waals surface area contributed by atoms with Crippen LogP contribution in [0.3, 0.4) is 0 Å². The summed E-state index contributed by atoms with van der Waals surface area (Å²) in [4.78, 5) is 25.9. The molecule has 2 aromatic rings. The number of halogens is 6. The summed E-state index contributed by atoms with van der Waals surface area (Å²) in [6.45, 7) is 1.35. The van der Waals surface area contributed by atoms with Crippen LogP contribution < -0.4 is 10.2 Å². The summed E-state index contributed by atoms with van der Waals surface area (Å²) in [7, 11) is 0. The van der Waals surface area contributed by atoms with Gasteiger partial charge in [-0.05, 0) is 56.0 Å². The van der Waals surface area contributed by atoms with Crippen molar-refractivity contribution in [2.24, 2.45) is 0 Å². The van der Waals surface area contributed by atoms with Crippen molar-refractivity contribution in [3.05, 3.63) is 63.7 Å². The maximum atomic E-state index is 13.2. The summed E-state index contributed by atoms with van der Waals surface area (Å²) >= 11 is 0. The summed E-state index contributed by atoms with van der Waals surface area (Å²) in [5.41, 5.74) is -2.44. The Bertz CT molecular complexity index is 1210. The fraction of sp³-hybridized carbons (Fsp3) is 0.500. The van der Waals surface area contributed by atoms with Gasteiger partial charge in [0.1, 0.15) is 12.2 Å². The lowest BCUT2D eigenvalue weighted by Gasteiger charge is -2.36. The molecule has 14 heteroatoms. The zero-order valence-corrected chi connectivity index (χ0v) is 21.3. The van der Waals surface area contributed by atoms with Gasteiger partial charge in [0.25, 0.3) is 5.69 Å². The number of carbonyl (C=O) groups excluding carboxylic acids is 1. The average molecular weight is 575 g/mol. The van der Waals surface area contributed by atoms with Crippen LogP contribution >= 0.6 is 0 Å². The maximum Gasteiger partial charge on any atom is 0.423 e. The molecule has 1 N–H and O–H groups in total. The number of carbonyl (C=O) groups is 1. The lowest BCUT2D eigenvalue weighted by atomic mass is 9.92. The van der Waals surface area contributed by atoms with Gasteiger partial charge in [-0.1, -0.05) is 6.07 Å². The highest BCUT2D eigenvalue weighted by molar-refractivity contribution is 5.77. The SMILES string of the molecule is O=C(CO[C@H]1CC[C@H](Nc2ccc([N+](=O)[O-])c(C(F)(F)F)c2)CC1)N1CCN(c2cccc(C(F)(F)F)c2)CC1. The van der Waals surface area contributed by atoms with E-state index < -0.39 is 34.1 Å². The minimum atomic E-state index is -4.86. The predicted molar refractivity (Wildman–Crippen MR) is 134 cm³/mol. The third kappa shape index (κ3) is 7.34. The number of benzene rings is 2. The molecule has 1 heterocycles. The summed E-state index contributed by atoms with van der Waals surface area (Å²) in [5, 5.41) is 13.9. The predicted octanol–water partition coefficient (Wildman–Crippen LogP) is 5.72. The summed E-state index contributed by atoms with van der Waals surface area (Å²) < 4.78 is 84.5. The number of rotatable bonds is 7.